The van der Waals surface area contributed by atoms with Gasteiger partial charge in [-0.05, 0) is 5.92 Å². The molecule has 1 atom stereocenters. The topological polar surface area (TPSA) is 66.4 Å². The van der Waals surface area contributed by atoms with E-state index >= 15 is 0 Å². The first-order valence-corrected chi connectivity index (χ1v) is 3.24. The summed E-state index contributed by atoms with van der Waals surface area (Å²) < 4.78 is 0. The highest BCUT2D eigenvalue weighted by Crippen LogP contribution is 2.00. The molecule has 0 aliphatic rings. The van der Waals surface area contributed by atoms with Crippen LogP contribution >= 0.6 is 0 Å². The molecule has 0 rings (SSSR count). The van der Waals surface area contributed by atoms with Crippen molar-refractivity contribution in [3.05, 3.63) is 0 Å². The number of hydrogen-bond acceptors (Lipinski definition) is 2. The molecule has 0 spiro atoms. The lowest BCUT2D eigenvalue weighted by Gasteiger charge is -2.16. The van der Waals surface area contributed by atoms with E-state index in [2.05, 4.69) is 5.32 Å². The monoisotopic (exact) mass is 155 g/mol. The minimum atomic E-state index is -1.07. The SMILES string of the molecule is [B]C(=O)NC(C(=O)O)C(C)C. The van der Waals surface area contributed by atoms with Gasteiger partial charge in [-0.15, -0.1) is 0 Å². The number of carbonyl (C=O) groups is 2. The predicted molar refractivity (Wildman–Crippen MR) is 40.5 cm³/mol. The van der Waals surface area contributed by atoms with E-state index in [1.165, 1.54) is 0 Å². The molecule has 1 amide bonds. The maximum atomic E-state index is 10.4. The number of carbonyl (C=O) groups excluding carboxylic acids is 1. The van der Waals surface area contributed by atoms with Crippen LogP contribution in [-0.2, 0) is 4.79 Å². The Morgan fingerprint density at radius 2 is 1.91 bits per heavy atom. The summed E-state index contributed by atoms with van der Waals surface area (Å²) in [6, 6.07) is -0.896. The Kier molecular flexibility index (Phi) is 3.64. The summed E-state index contributed by atoms with van der Waals surface area (Å²) >= 11 is 0. The lowest BCUT2D eigenvalue weighted by molar-refractivity contribution is -0.140. The smallest absolute Gasteiger partial charge is 0.326 e. The Morgan fingerprint density at radius 1 is 1.45 bits per heavy atom. The van der Waals surface area contributed by atoms with Crippen molar-refractivity contribution in [1.82, 2.24) is 5.32 Å². The largest absolute Gasteiger partial charge is 0.480 e. The zero-order valence-corrected chi connectivity index (χ0v) is 6.50. The molecule has 2 N–H and O–H groups in total. The summed E-state index contributed by atoms with van der Waals surface area (Å²) in [5.74, 6) is -2.05. The highest BCUT2D eigenvalue weighted by atomic mass is 16.4. The van der Waals surface area contributed by atoms with E-state index in [9.17, 15) is 9.59 Å². The van der Waals surface area contributed by atoms with Crippen molar-refractivity contribution in [3.63, 3.8) is 0 Å². The fraction of sp³-hybridized carbons (Fsp3) is 0.667. The van der Waals surface area contributed by atoms with E-state index in [0.717, 1.165) is 0 Å². The first kappa shape index (κ1) is 10.0. The van der Waals surface area contributed by atoms with Crippen LogP contribution in [0.1, 0.15) is 13.8 Å². The molecule has 0 bridgehead atoms. The second-order valence-corrected chi connectivity index (χ2v) is 2.57. The van der Waals surface area contributed by atoms with Crippen LogP contribution in [0.3, 0.4) is 0 Å². The number of amides is 1. The van der Waals surface area contributed by atoms with Crippen LogP contribution in [0.15, 0.2) is 0 Å². The van der Waals surface area contributed by atoms with Crippen LogP contribution in [-0.4, -0.2) is 30.8 Å². The highest BCUT2D eigenvalue weighted by molar-refractivity contribution is 6.57. The summed E-state index contributed by atoms with van der Waals surface area (Å²) in [4.78, 5) is 20.7. The Balaban J connectivity index is 4.12. The van der Waals surface area contributed by atoms with Crippen LogP contribution in [0.4, 0.5) is 4.79 Å². The zero-order valence-electron chi connectivity index (χ0n) is 6.50. The van der Waals surface area contributed by atoms with Crippen LogP contribution in [0.5, 0.6) is 0 Å². The van der Waals surface area contributed by atoms with Gasteiger partial charge in [0.25, 0.3) is 0 Å². The van der Waals surface area contributed by atoms with Gasteiger partial charge < -0.3 is 10.4 Å². The molecule has 0 aliphatic heterocycles. The second kappa shape index (κ2) is 4.00. The Hall–Kier alpha value is -0.995. The number of rotatable bonds is 3. The van der Waals surface area contributed by atoms with Crippen molar-refractivity contribution in [2.75, 3.05) is 0 Å². The van der Waals surface area contributed by atoms with Gasteiger partial charge >= 0.3 is 5.97 Å². The van der Waals surface area contributed by atoms with Crippen molar-refractivity contribution in [3.8, 4) is 0 Å². The summed E-state index contributed by atoms with van der Waals surface area (Å²) in [6.07, 6.45) is 0. The standard InChI is InChI=1S/C6H10BNO3/c1-3(2)4(5(9)10)8-6(7)11/h3-4H,1-2H3,(H,8,11)(H,9,10). The van der Waals surface area contributed by atoms with Gasteiger partial charge in [-0.25, -0.2) is 4.79 Å². The average molecular weight is 155 g/mol. The molecule has 5 heteroatoms. The molecule has 0 aromatic rings. The third-order valence-corrected chi connectivity index (χ3v) is 1.23. The van der Waals surface area contributed by atoms with E-state index in [1.807, 2.05) is 0 Å². The third-order valence-electron chi connectivity index (χ3n) is 1.23. The average Bonchev–Trinajstić information content (AvgIpc) is 1.81. The van der Waals surface area contributed by atoms with Crippen LogP contribution in [0, 0.1) is 5.92 Å². The summed E-state index contributed by atoms with van der Waals surface area (Å²) in [6.45, 7) is 3.38. The van der Waals surface area contributed by atoms with Gasteiger partial charge in [0, 0.05) is 0 Å². The Labute approximate surface area is 66.4 Å². The first-order chi connectivity index (χ1) is 4.95. The molecular formula is C6H10BNO3. The molecule has 60 valence electrons. The minimum Gasteiger partial charge on any atom is -0.480 e. The second-order valence-electron chi connectivity index (χ2n) is 2.57. The maximum absolute atomic E-state index is 10.4. The lowest BCUT2D eigenvalue weighted by Crippen LogP contribution is -2.43. The first-order valence-electron chi connectivity index (χ1n) is 3.24. The molecular weight excluding hydrogens is 145 g/mol. The van der Waals surface area contributed by atoms with Crippen molar-refractivity contribution in [1.29, 1.82) is 0 Å². The number of carboxylic acids is 1. The minimum absolute atomic E-state index is 0.167. The Morgan fingerprint density at radius 3 is 2.00 bits per heavy atom. The normalized spacial score (nSPS) is 12.6. The van der Waals surface area contributed by atoms with Gasteiger partial charge in [0.1, 0.15) is 6.04 Å². The van der Waals surface area contributed by atoms with E-state index in [1.54, 1.807) is 13.8 Å². The van der Waals surface area contributed by atoms with Gasteiger partial charge in [0.05, 0.1) is 0 Å². The van der Waals surface area contributed by atoms with Gasteiger partial charge in [0.2, 0.25) is 7.85 Å². The molecule has 0 saturated carbocycles. The molecule has 0 saturated heterocycles. The molecule has 0 fully saturated rings. The molecule has 1 unspecified atom stereocenters. The van der Waals surface area contributed by atoms with Gasteiger partial charge in [-0.1, -0.05) is 13.8 Å². The molecule has 0 aromatic heterocycles. The molecule has 0 aromatic carbocycles. The van der Waals surface area contributed by atoms with E-state index in [4.69, 9.17) is 13.0 Å². The Bertz CT molecular complexity index is 169. The summed E-state index contributed by atoms with van der Waals surface area (Å²) in [5.41, 5.74) is 0. The lowest BCUT2D eigenvalue weighted by atomic mass is 10.0. The van der Waals surface area contributed by atoms with E-state index in [-0.39, 0.29) is 5.92 Å². The maximum Gasteiger partial charge on any atom is 0.326 e. The number of carboxylic acid groups (broad SMARTS) is 1. The van der Waals surface area contributed by atoms with Crippen molar-refractivity contribution >= 4 is 19.6 Å². The molecule has 11 heavy (non-hydrogen) atoms. The van der Waals surface area contributed by atoms with Crippen LogP contribution in [0.2, 0.25) is 0 Å². The quantitative estimate of drug-likeness (QED) is 0.562. The predicted octanol–water partition coefficient (Wildman–Crippen LogP) is -0.0263. The fourth-order valence-corrected chi connectivity index (χ4v) is 0.667. The van der Waals surface area contributed by atoms with Gasteiger partial charge in [0.15, 0.2) is 5.81 Å². The van der Waals surface area contributed by atoms with Gasteiger partial charge in [-0.2, -0.15) is 0 Å². The number of aliphatic carboxylic acids is 1. The van der Waals surface area contributed by atoms with Crippen LogP contribution < -0.4 is 5.32 Å². The fourth-order valence-electron chi connectivity index (χ4n) is 0.667. The molecule has 0 heterocycles. The number of hydrogen-bond donors (Lipinski definition) is 2. The molecule has 0 aliphatic carbocycles. The van der Waals surface area contributed by atoms with E-state index < -0.39 is 17.8 Å². The van der Waals surface area contributed by atoms with Crippen LogP contribution in [0.25, 0.3) is 0 Å². The number of nitrogens with one attached hydrogen (secondary N) is 1. The third kappa shape index (κ3) is 3.65. The molecule has 4 nitrogen and oxygen atoms in total. The summed E-state index contributed by atoms with van der Waals surface area (Å²) in [7, 11) is 4.76. The zero-order chi connectivity index (χ0) is 9.02. The van der Waals surface area contributed by atoms with E-state index in [0.29, 0.717) is 0 Å². The summed E-state index contributed by atoms with van der Waals surface area (Å²) in [5, 5.41) is 10.6. The highest BCUT2D eigenvalue weighted by Gasteiger charge is 2.21. The van der Waals surface area contributed by atoms with Crippen molar-refractivity contribution in [2.45, 2.75) is 19.9 Å². The van der Waals surface area contributed by atoms with Crippen molar-refractivity contribution in [2.24, 2.45) is 5.92 Å². The van der Waals surface area contributed by atoms with Gasteiger partial charge in [-0.3, -0.25) is 4.79 Å². The molecule has 2 radical (unpaired) electrons. The van der Waals surface area contributed by atoms with Crippen molar-refractivity contribution < 1.29 is 14.7 Å².